The highest BCUT2D eigenvalue weighted by Gasteiger charge is 2.17. The fourth-order valence-corrected chi connectivity index (χ4v) is 2.78. The van der Waals surface area contributed by atoms with Crippen LogP contribution < -0.4 is 5.32 Å². The third kappa shape index (κ3) is 3.32. The van der Waals surface area contributed by atoms with E-state index in [1.165, 1.54) is 11.6 Å². The van der Waals surface area contributed by atoms with Gasteiger partial charge in [-0.2, -0.15) is 11.3 Å². The van der Waals surface area contributed by atoms with Gasteiger partial charge in [0.2, 0.25) is 0 Å². The van der Waals surface area contributed by atoms with Gasteiger partial charge in [-0.25, -0.2) is 0 Å². The van der Waals surface area contributed by atoms with Gasteiger partial charge in [-0.15, -0.1) is 0 Å². The lowest BCUT2D eigenvalue weighted by Crippen LogP contribution is -2.18. The van der Waals surface area contributed by atoms with Crippen LogP contribution in [0.25, 0.3) is 0 Å². The third-order valence-electron chi connectivity index (χ3n) is 2.92. The minimum Gasteiger partial charge on any atom is -0.306 e. The number of benzene rings is 1. The number of nitro groups is 1. The summed E-state index contributed by atoms with van der Waals surface area (Å²) in [5.41, 5.74) is 1.74. The molecule has 0 spiro atoms. The van der Waals surface area contributed by atoms with Crippen LogP contribution in [0.2, 0.25) is 5.02 Å². The van der Waals surface area contributed by atoms with E-state index >= 15 is 0 Å². The molecule has 100 valence electrons. The van der Waals surface area contributed by atoms with E-state index in [1.54, 1.807) is 23.5 Å². The molecule has 0 aliphatic heterocycles. The quantitative estimate of drug-likeness (QED) is 0.666. The van der Waals surface area contributed by atoms with Gasteiger partial charge in [0.1, 0.15) is 0 Å². The Morgan fingerprint density at radius 1 is 1.47 bits per heavy atom. The van der Waals surface area contributed by atoms with Crippen molar-refractivity contribution in [3.8, 4) is 0 Å². The lowest BCUT2D eigenvalue weighted by atomic mass is 10.1. The summed E-state index contributed by atoms with van der Waals surface area (Å²) >= 11 is 7.67. The minimum absolute atomic E-state index is 0.0533. The molecule has 1 aromatic heterocycles. The van der Waals surface area contributed by atoms with Crippen molar-refractivity contribution in [2.24, 2.45) is 0 Å². The fourth-order valence-electron chi connectivity index (χ4n) is 1.79. The van der Waals surface area contributed by atoms with Crippen molar-refractivity contribution in [2.75, 3.05) is 0 Å². The Hall–Kier alpha value is -1.43. The molecule has 0 aliphatic rings. The van der Waals surface area contributed by atoms with Crippen LogP contribution in [0.4, 0.5) is 5.69 Å². The van der Waals surface area contributed by atoms with Gasteiger partial charge in [0.05, 0.1) is 15.5 Å². The highest BCUT2D eigenvalue weighted by atomic mass is 35.5. The smallest absolute Gasteiger partial charge is 0.275 e. The predicted octanol–water partition coefficient (Wildman–Crippen LogP) is 4.16. The zero-order valence-electron chi connectivity index (χ0n) is 10.3. The Kier molecular flexibility index (Phi) is 4.52. The third-order valence-corrected chi connectivity index (χ3v) is 3.97. The number of nitrogens with one attached hydrogen (secondary N) is 1. The first-order chi connectivity index (χ1) is 9.09. The van der Waals surface area contributed by atoms with Crippen LogP contribution in [0.3, 0.4) is 0 Å². The molecule has 4 nitrogen and oxygen atoms in total. The molecule has 1 aromatic carbocycles. The maximum Gasteiger partial charge on any atom is 0.275 e. The summed E-state index contributed by atoms with van der Waals surface area (Å²) in [6.07, 6.45) is 0. The Labute approximate surface area is 120 Å². The molecular weight excluding hydrogens is 284 g/mol. The van der Waals surface area contributed by atoms with Crippen molar-refractivity contribution in [3.63, 3.8) is 0 Å². The van der Waals surface area contributed by atoms with Crippen LogP contribution in [0.15, 0.2) is 35.0 Å². The second kappa shape index (κ2) is 6.14. The zero-order valence-corrected chi connectivity index (χ0v) is 11.9. The van der Waals surface area contributed by atoms with Gasteiger partial charge in [0, 0.05) is 18.7 Å². The summed E-state index contributed by atoms with van der Waals surface area (Å²) in [4.78, 5) is 10.6. The standard InChI is InChI=1S/C13H13ClN2O2S/c1-9(10-5-6-19-8-10)15-7-11-12(14)3-2-4-13(11)16(17)18/h2-6,8-9,15H,7H2,1H3. The van der Waals surface area contributed by atoms with Gasteiger partial charge in [-0.1, -0.05) is 17.7 Å². The van der Waals surface area contributed by atoms with Crippen molar-refractivity contribution in [1.82, 2.24) is 5.32 Å². The largest absolute Gasteiger partial charge is 0.306 e. The zero-order chi connectivity index (χ0) is 13.8. The Bertz CT molecular complexity index is 572. The van der Waals surface area contributed by atoms with Crippen molar-refractivity contribution in [3.05, 3.63) is 61.3 Å². The summed E-state index contributed by atoms with van der Waals surface area (Å²) in [5.74, 6) is 0. The second-order valence-electron chi connectivity index (χ2n) is 4.15. The number of halogens is 1. The van der Waals surface area contributed by atoms with Crippen molar-refractivity contribution in [2.45, 2.75) is 19.5 Å². The summed E-state index contributed by atoms with van der Waals surface area (Å²) in [6, 6.07) is 6.89. The summed E-state index contributed by atoms with van der Waals surface area (Å²) < 4.78 is 0. The number of thiophene rings is 1. The van der Waals surface area contributed by atoms with E-state index in [0.29, 0.717) is 17.1 Å². The normalized spacial score (nSPS) is 12.3. The van der Waals surface area contributed by atoms with Crippen LogP contribution in [0.1, 0.15) is 24.1 Å². The van der Waals surface area contributed by atoms with Crippen LogP contribution in [0, 0.1) is 10.1 Å². The molecule has 0 aliphatic carbocycles. The number of hydrogen-bond acceptors (Lipinski definition) is 4. The molecule has 0 fully saturated rings. The number of rotatable bonds is 5. The SMILES string of the molecule is CC(NCc1c(Cl)cccc1[N+](=O)[O-])c1ccsc1. The maximum absolute atomic E-state index is 11.0. The summed E-state index contributed by atoms with van der Waals surface area (Å²) in [5, 5.41) is 18.7. The van der Waals surface area contributed by atoms with E-state index in [1.807, 2.05) is 18.4 Å². The first-order valence-corrected chi connectivity index (χ1v) is 7.09. The lowest BCUT2D eigenvalue weighted by Gasteiger charge is -2.13. The first kappa shape index (κ1) is 14.0. The predicted molar refractivity (Wildman–Crippen MR) is 77.7 cm³/mol. The summed E-state index contributed by atoms with van der Waals surface area (Å²) in [7, 11) is 0. The molecule has 1 heterocycles. The van der Waals surface area contributed by atoms with Gasteiger partial charge < -0.3 is 5.32 Å². The molecule has 0 radical (unpaired) electrons. The molecule has 0 amide bonds. The molecular formula is C13H13ClN2O2S. The van der Waals surface area contributed by atoms with E-state index in [0.717, 1.165) is 0 Å². The molecule has 1 N–H and O–H groups in total. The molecule has 0 saturated carbocycles. The number of nitrogens with zero attached hydrogens (tertiary/aromatic N) is 1. The molecule has 19 heavy (non-hydrogen) atoms. The number of hydrogen-bond donors (Lipinski definition) is 1. The van der Waals surface area contributed by atoms with Crippen LogP contribution in [-0.2, 0) is 6.54 Å². The average molecular weight is 297 g/mol. The van der Waals surface area contributed by atoms with E-state index in [9.17, 15) is 10.1 Å². The molecule has 2 aromatic rings. The maximum atomic E-state index is 11.0. The first-order valence-electron chi connectivity index (χ1n) is 5.77. The van der Waals surface area contributed by atoms with Gasteiger partial charge in [-0.3, -0.25) is 10.1 Å². The van der Waals surface area contributed by atoms with E-state index in [2.05, 4.69) is 10.7 Å². The molecule has 0 saturated heterocycles. The van der Waals surface area contributed by atoms with E-state index in [4.69, 9.17) is 11.6 Å². The molecule has 0 bridgehead atoms. The Morgan fingerprint density at radius 3 is 2.89 bits per heavy atom. The Morgan fingerprint density at radius 2 is 2.26 bits per heavy atom. The van der Waals surface area contributed by atoms with Gasteiger partial charge >= 0.3 is 0 Å². The molecule has 2 rings (SSSR count). The van der Waals surface area contributed by atoms with Crippen LogP contribution >= 0.6 is 22.9 Å². The van der Waals surface area contributed by atoms with Gasteiger partial charge in [0.15, 0.2) is 0 Å². The molecule has 1 unspecified atom stereocenters. The van der Waals surface area contributed by atoms with Crippen molar-refractivity contribution >= 4 is 28.6 Å². The highest BCUT2D eigenvalue weighted by Crippen LogP contribution is 2.27. The summed E-state index contributed by atoms with van der Waals surface area (Å²) in [6.45, 7) is 2.39. The van der Waals surface area contributed by atoms with Crippen molar-refractivity contribution in [1.29, 1.82) is 0 Å². The lowest BCUT2D eigenvalue weighted by molar-refractivity contribution is -0.385. The highest BCUT2D eigenvalue weighted by molar-refractivity contribution is 7.07. The average Bonchev–Trinajstić information content (AvgIpc) is 2.90. The van der Waals surface area contributed by atoms with Gasteiger partial charge in [-0.05, 0) is 35.4 Å². The number of nitro benzene ring substituents is 1. The Balaban J connectivity index is 2.13. The van der Waals surface area contributed by atoms with Crippen LogP contribution in [0.5, 0.6) is 0 Å². The van der Waals surface area contributed by atoms with Crippen molar-refractivity contribution < 1.29 is 4.92 Å². The van der Waals surface area contributed by atoms with Crippen LogP contribution in [-0.4, -0.2) is 4.92 Å². The minimum atomic E-state index is -0.405. The monoisotopic (exact) mass is 296 g/mol. The topological polar surface area (TPSA) is 55.2 Å². The fraction of sp³-hybridized carbons (Fsp3) is 0.231. The van der Waals surface area contributed by atoms with Gasteiger partial charge in [0.25, 0.3) is 5.69 Å². The molecule has 6 heteroatoms. The van der Waals surface area contributed by atoms with E-state index < -0.39 is 4.92 Å². The second-order valence-corrected chi connectivity index (χ2v) is 5.34. The van der Waals surface area contributed by atoms with E-state index in [-0.39, 0.29) is 11.7 Å². The molecule has 1 atom stereocenters.